The standard InChI is InChI=1S/C16H18ClN3S/c1-12(10-13-6-5-9-21-13)19(2)16-14(11-17)20-8-4-3-7-15(20)18-16/h3-9,12H,10-11H2,1-2H3. The Bertz CT molecular complexity index is 720. The summed E-state index contributed by atoms with van der Waals surface area (Å²) in [6.07, 6.45) is 3.03. The molecular weight excluding hydrogens is 302 g/mol. The van der Waals surface area contributed by atoms with Crippen molar-refractivity contribution in [2.45, 2.75) is 25.3 Å². The Labute approximate surface area is 133 Å². The molecule has 0 aliphatic carbocycles. The van der Waals surface area contributed by atoms with Crippen LogP contribution in [0, 0.1) is 0 Å². The number of aromatic nitrogens is 2. The fourth-order valence-corrected chi connectivity index (χ4v) is 3.58. The second-order valence-electron chi connectivity index (χ2n) is 5.19. The van der Waals surface area contributed by atoms with Crippen LogP contribution in [-0.4, -0.2) is 22.5 Å². The molecule has 0 saturated heterocycles. The average Bonchev–Trinajstić information content (AvgIpc) is 3.12. The normalized spacial score (nSPS) is 12.7. The molecule has 0 aromatic carbocycles. The van der Waals surface area contributed by atoms with Crippen LogP contribution in [0.1, 0.15) is 17.5 Å². The van der Waals surface area contributed by atoms with Gasteiger partial charge < -0.3 is 9.30 Å². The highest BCUT2D eigenvalue weighted by atomic mass is 35.5. The Morgan fingerprint density at radius 1 is 1.33 bits per heavy atom. The molecule has 3 rings (SSSR count). The number of halogens is 1. The van der Waals surface area contributed by atoms with Crippen LogP contribution >= 0.6 is 22.9 Å². The molecule has 3 aromatic rings. The van der Waals surface area contributed by atoms with Crippen LogP contribution in [0.4, 0.5) is 5.82 Å². The van der Waals surface area contributed by atoms with Crippen molar-refractivity contribution in [2.75, 3.05) is 11.9 Å². The number of pyridine rings is 1. The van der Waals surface area contributed by atoms with Gasteiger partial charge in [-0.25, -0.2) is 4.98 Å². The summed E-state index contributed by atoms with van der Waals surface area (Å²) in [5, 5.41) is 2.12. The number of fused-ring (bicyclic) bond motifs is 1. The van der Waals surface area contributed by atoms with Gasteiger partial charge in [0.15, 0.2) is 5.82 Å². The fourth-order valence-electron chi connectivity index (χ4n) is 2.51. The third kappa shape index (κ3) is 2.78. The molecule has 3 heterocycles. The highest BCUT2D eigenvalue weighted by Gasteiger charge is 2.19. The van der Waals surface area contributed by atoms with Crippen molar-refractivity contribution in [1.29, 1.82) is 0 Å². The van der Waals surface area contributed by atoms with Crippen LogP contribution < -0.4 is 4.90 Å². The Hall–Kier alpha value is -1.52. The quantitative estimate of drug-likeness (QED) is 0.657. The van der Waals surface area contributed by atoms with Crippen LogP contribution in [0.2, 0.25) is 0 Å². The molecule has 3 nitrogen and oxygen atoms in total. The van der Waals surface area contributed by atoms with E-state index in [2.05, 4.69) is 40.8 Å². The molecule has 0 radical (unpaired) electrons. The molecule has 0 N–H and O–H groups in total. The summed E-state index contributed by atoms with van der Waals surface area (Å²) >= 11 is 7.96. The first-order valence-corrected chi connectivity index (χ1v) is 8.39. The summed E-state index contributed by atoms with van der Waals surface area (Å²) in [6, 6.07) is 10.7. The van der Waals surface area contributed by atoms with E-state index in [-0.39, 0.29) is 0 Å². The number of thiophene rings is 1. The highest BCUT2D eigenvalue weighted by molar-refractivity contribution is 7.09. The minimum atomic E-state index is 0.371. The predicted molar refractivity (Wildman–Crippen MR) is 90.6 cm³/mol. The molecule has 0 spiro atoms. The van der Waals surface area contributed by atoms with Gasteiger partial charge in [0.2, 0.25) is 0 Å². The first-order valence-electron chi connectivity index (χ1n) is 6.98. The minimum Gasteiger partial charge on any atom is -0.355 e. The lowest BCUT2D eigenvalue weighted by Crippen LogP contribution is -2.31. The fraction of sp³-hybridized carbons (Fsp3) is 0.312. The maximum Gasteiger partial charge on any atom is 0.152 e. The molecule has 0 aliphatic rings. The maximum absolute atomic E-state index is 6.16. The van der Waals surface area contributed by atoms with Crippen molar-refractivity contribution in [3.63, 3.8) is 0 Å². The number of likely N-dealkylation sites (N-methyl/N-ethyl adjacent to an activating group) is 1. The molecule has 0 saturated carbocycles. The molecule has 0 amide bonds. The lowest BCUT2D eigenvalue weighted by molar-refractivity contribution is 0.679. The van der Waals surface area contributed by atoms with Crippen molar-refractivity contribution in [3.05, 3.63) is 52.5 Å². The van der Waals surface area contributed by atoms with Gasteiger partial charge in [0.05, 0.1) is 11.6 Å². The second kappa shape index (κ2) is 6.08. The van der Waals surface area contributed by atoms with Crippen LogP contribution in [0.3, 0.4) is 0 Å². The first kappa shape index (κ1) is 14.4. The molecular formula is C16H18ClN3S. The Kier molecular flexibility index (Phi) is 4.17. The highest BCUT2D eigenvalue weighted by Crippen LogP contribution is 2.25. The van der Waals surface area contributed by atoms with Crippen LogP contribution in [0.5, 0.6) is 0 Å². The van der Waals surface area contributed by atoms with Crippen molar-refractivity contribution < 1.29 is 0 Å². The van der Waals surface area contributed by atoms with E-state index in [1.54, 1.807) is 11.3 Å². The number of rotatable bonds is 5. The second-order valence-corrected chi connectivity index (χ2v) is 6.49. The van der Waals surface area contributed by atoms with Gasteiger partial charge in [-0.2, -0.15) is 0 Å². The van der Waals surface area contributed by atoms with E-state index in [1.807, 2.05) is 24.4 Å². The molecule has 1 atom stereocenters. The molecule has 1 unspecified atom stereocenters. The summed E-state index contributed by atoms with van der Waals surface area (Å²) < 4.78 is 2.07. The number of hydrogen-bond donors (Lipinski definition) is 0. The Morgan fingerprint density at radius 3 is 2.90 bits per heavy atom. The number of imidazole rings is 1. The van der Waals surface area contributed by atoms with E-state index in [0.29, 0.717) is 11.9 Å². The van der Waals surface area contributed by atoms with E-state index >= 15 is 0 Å². The third-order valence-corrected chi connectivity index (χ3v) is 4.96. The molecule has 5 heteroatoms. The summed E-state index contributed by atoms with van der Waals surface area (Å²) in [4.78, 5) is 8.36. The van der Waals surface area contributed by atoms with E-state index < -0.39 is 0 Å². The maximum atomic E-state index is 6.16. The van der Waals surface area contributed by atoms with E-state index in [4.69, 9.17) is 16.6 Å². The van der Waals surface area contributed by atoms with E-state index in [0.717, 1.165) is 23.6 Å². The van der Waals surface area contributed by atoms with Gasteiger partial charge in [-0.05, 0) is 30.5 Å². The number of alkyl halides is 1. The largest absolute Gasteiger partial charge is 0.355 e. The van der Waals surface area contributed by atoms with Crippen LogP contribution in [-0.2, 0) is 12.3 Å². The van der Waals surface area contributed by atoms with Crippen molar-refractivity contribution >= 4 is 34.4 Å². The van der Waals surface area contributed by atoms with Crippen molar-refractivity contribution in [2.24, 2.45) is 0 Å². The first-order chi connectivity index (χ1) is 10.2. The zero-order valence-electron chi connectivity index (χ0n) is 12.2. The Balaban J connectivity index is 1.91. The van der Waals surface area contributed by atoms with Gasteiger partial charge in [0.25, 0.3) is 0 Å². The molecule has 0 aliphatic heterocycles. The summed E-state index contributed by atoms with van der Waals surface area (Å²) in [6.45, 7) is 2.22. The lowest BCUT2D eigenvalue weighted by Gasteiger charge is -2.25. The molecule has 3 aromatic heterocycles. The molecule has 0 fully saturated rings. The number of hydrogen-bond acceptors (Lipinski definition) is 3. The smallest absolute Gasteiger partial charge is 0.152 e. The zero-order valence-corrected chi connectivity index (χ0v) is 13.7. The van der Waals surface area contributed by atoms with E-state index in [9.17, 15) is 0 Å². The van der Waals surface area contributed by atoms with Gasteiger partial charge in [0, 0.05) is 30.6 Å². The molecule has 21 heavy (non-hydrogen) atoms. The minimum absolute atomic E-state index is 0.371. The zero-order chi connectivity index (χ0) is 14.8. The lowest BCUT2D eigenvalue weighted by atomic mass is 10.2. The number of anilines is 1. The summed E-state index contributed by atoms with van der Waals surface area (Å²) in [5.41, 5.74) is 1.99. The third-order valence-electron chi connectivity index (χ3n) is 3.81. The van der Waals surface area contributed by atoms with Gasteiger partial charge in [-0.15, -0.1) is 22.9 Å². The molecule has 0 bridgehead atoms. The Morgan fingerprint density at radius 2 is 2.19 bits per heavy atom. The monoisotopic (exact) mass is 319 g/mol. The van der Waals surface area contributed by atoms with Gasteiger partial charge in [-0.1, -0.05) is 12.1 Å². The van der Waals surface area contributed by atoms with Gasteiger partial charge in [0.1, 0.15) is 5.65 Å². The number of nitrogens with zero attached hydrogens (tertiary/aromatic N) is 3. The van der Waals surface area contributed by atoms with E-state index in [1.165, 1.54) is 4.88 Å². The predicted octanol–water partition coefficient (Wildman–Crippen LogP) is 4.20. The van der Waals surface area contributed by atoms with Crippen molar-refractivity contribution in [1.82, 2.24) is 9.38 Å². The van der Waals surface area contributed by atoms with Crippen LogP contribution in [0.25, 0.3) is 5.65 Å². The molecule has 110 valence electrons. The average molecular weight is 320 g/mol. The van der Waals surface area contributed by atoms with Gasteiger partial charge in [-0.3, -0.25) is 0 Å². The summed E-state index contributed by atoms with van der Waals surface area (Å²) in [5.74, 6) is 1.43. The van der Waals surface area contributed by atoms with Crippen LogP contribution in [0.15, 0.2) is 41.9 Å². The SMILES string of the molecule is CC(Cc1cccs1)N(C)c1nc2ccccn2c1CCl. The summed E-state index contributed by atoms with van der Waals surface area (Å²) in [7, 11) is 2.09. The topological polar surface area (TPSA) is 20.5 Å². The van der Waals surface area contributed by atoms with Gasteiger partial charge >= 0.3 is 0 Å². The van der Waals surface area contributed by atoms with Crippen molar-refractivity contribution in [3.8, 4) is 0 Å².